The standard InChI is InChI=1S/C26H32N2O5/c1-16(2)23(14-24(29)27-13-12-17(3)25(30)31)28-26(32)33-15-22-20-10-6-4-8-18(20)19-9-5-7-11-21(19)22/h4-11,16-17,22-23H,12-15H2,1-3H3,(H,27,29)(H,28,32)(H,30,31)/t17?,23-/m0/s1. The number of carboxylic acids is 1. The van der Waals surface area contributed by atoms with Crippen LogP contribution in [0, 0.1) is 11.8 Å². The zero-order chi connectivity index (χ0) is 24.0. The van der Waals surface area contributed by atoms with Crippen LogP contribution in [0.15, 0.2) is 48.5 Å². The Bertz CT molecular complexity index is 958. The first-order chi connectivity index (χ1) is 15.8. The summed E-state index contributed by atoms with van der Waals surface area (Å²) in [6, 6.07) is 15.9. The monoisotopic (exact) mass is 452 g/mol. The lowest BCUT2D eigenvalue weighted by atomic mass is 9.98. The van der Waals surface area contributed by atoms with Gasteiger partial charge in [-0.3, -0.25) is 9.59 Å². The third kappa shape index (κ3) is 6.12. The Morgan fingerprint density at radius 1 is 0.970 bits per heavy atom. The molecule has 2 atom stereocenters. The van der Waals surface area contributed by atoms with E-state index in [1.54, 1.807) is 6.92 Å². The number of ether oxygens (including phenoxy) is 1. The van der Waals surface area contributed by atoms with Crippen molar-refractivity contribution >= 4 is 18.0 Å². The number of carbonyl (C=O) groups is 3. The number of carboxylic acid groups (broad SMARTS) is 1. The Morgan fingerprint density at radius 2 is 1.55 bits per heavy atom. The fraction of sp³-hybridized carbons (Fsp3) is 0.423. The molecular weight excluding hydrogens is 420 g/mol. The first-order valence-corrected chi connectivity index (χ1v) is 11.4. The van der Waals surface area contributed by atoms with Gasteiger partial charge in [0.15, 0.2) is 0 Å². The van der Waals surface area contributed by atoms with Crippen molar-refractivity contribution in [1.82, 2.24) is 10.6 Å². The largest absolute Gasteiger partial charge is 0.481 e. The van der Waals surface area contributed by atoms with E-state index in [0.717, 1.165) is 22.3 Å². The molecule has 1 aliphatic rings. The maximum absolute atomic E-state index is 12.6. The summed E-state index contributed by atoms with van der Waals surface area (Å²) in [6.45, 7) is 5.94. The first-order valence-electron chi connectivity index (χ1n) is 11.4. The number of nitrogens with one attached hydrogen (secondary N) is 2. The van der Waals surface area contributed by atoms with E-state index in [1.807, 2.05) is 38.1 Å². The summed E-state index contributed by atoms with van der Waals surface area (Å²) in [7, 11) is 0. The maximum atomic E-state index is 12.6. The zero-order valence-electron chi connectivity index (χ0n) is 19.3. The number of benzene rings is 2. The summed E-state index contributed by atoms with van der Waals surface area (Å²) < 4.78 is 5.59. The van der Waals surface area contributed by atoms with Crippen molar-refractivity contribution in [3.05, 3.63) is 59.7 Å². The molecule has 0 heterocycles. The van der Waals surface area contributed by atoms with Crippen LogP contribution in [0.1, 0.15) is 50.7 Å². The SMILES string of the molecule is CC(CCNC(=O)C[C@H](NC(=O)OCC1c2ccccc2-c2ccccc21)C(C)C)C(=O)O. The Balaban J connectivity index is 1.53. The second-order valence-corrected chi connectivity index (χ2v) is 8.90. The van der Waals surface area contributed by atoms with Gasteiger partial charge in [0.1, 0.15) is 6.61 Å². The molecule has 0 saturated carbocycles. The topological polar surface area (TPSA) is 105 Å². The van der Waals surface area contributed by atoms with E-state index in [9.17, 15) is 14.4 Å². The van der Waals surface area contributed by atoms with Gasteiger partial charge in [0.2, 0.25) is 5.91 Å². The molecule has 176 valence electrons. The van der Waals surface area contributed by atoms with Gasteiger partial charge in [0.05, 0.1) is 5.92 Å². The molecular formula is C26H32N2O5. The van der Waals surface area contributed by atoms with Crippen molar-refractivity contribution in [1.29, 1.82) is 0 Å². The van der Waals surface area contributed by atoms with Crippen LogP contribution in [0.25, 0.3) is 11.1 Å². The molecule has 1 aliphatic carbocycles. The summed E-state index contributed by atoms with van der Waals surface area (Å²) in [4.78, 5) is 35.7. The van der Waals surface area contributed by atoms with E-state index in [4.69, 9.17) is 9.84 Å². The van der Waals surface area contributed by atoms with Crippen molar-refractivity contribution in [2.24, 2.45) is 11.8 Å². The smallest absolute Gasteiger partial charge is 0.407 e. The molecule has 2 amide bonds. The second-order valence-electron chi connectivity index (χ2n) is 8.90. The number of hydrogen-bond acceptors (Lipinski definition) is 4. The number of alkyl carbamates (subject to hydrolysis) is 1. The summed E-state index contributed by atoms with van der Waals surface area (Å²) in [5.74, 6) is -1.65. The van der Waals surface area contributed by atoms with Crippen molar-refractivity contribution in [3.8, 4) is 11.1 Å². The average molecular weight is 453 g/mol. The van der Waals surface area contributed by atoms with Crippen LogP contribution < -0.4 is 10.6 Å². The van der Waals surface area contributed by atoms with Crippen molar-refractivity contribution in [3.63, 3.8) is 0 Å². The van der Waals surface area contributed by atoms with Gasteiger partial charge in [-0.05, 0) is 34.6 Å². The zero-order valence-corrected chi connectivity index (χ0v) is 19.3. The second kappa shape index (κ2) is 11.0. The molecule has 0 saturated heterocycles. The fourth-order valence-electron chi connectivity index (χ4n) is 4.07. The minimum absolute atomic E-state index is 0.0224. The molecule has 2 aromatic rings. The van der Waals surface area contributed by atoms with Gasteiger partial charge in [-0.15, -0.1) is 0 Å². The highest BCUT2D eigenvalue weighted by atomic mass is 16.5. The predicted octanol–water partition coefficient (Wildman–Crippen LogP) is 4.17. The number of hydrogen-bond donors (Lipinski definition) is 3. The number of carbonyl (C=O) groups excluding carboxylic acids is 2. The van der Waals surface area contributed by atoms with E-state index >= 15 is 0 Å². The number of amides is 2. The highest BCUT2D eigenvalue weighted by Gasteiger charge is 2.29. The van der Waals surface area contributed by atoms with Crippen LogP contribution in [-0.2, 0) is 14.3 Å². The van der Waals surface area contributed by atoms with E-state index in [-0.39, 0.29) is 37.3 Å². The Hall–Kier alpha value is -3.35. The van der Waals surface area contributed by atoms with Crippen LogP contribution in [0.5, 0.6) is 0 Å². The molecule has 3 N–H and O–H groups in total. The molecule has 0 aromatic heterocycles. The van der Waals surface area contributed by atoms with Crippen LogP contribution >= 0.6 is 0 Å². The summed E-state index contributed by atoms with van der Waals surface area (Å²) in [5, 5.41) is 14.5. The first kappa shape index (κ1) is 24.3. The van der Waals surface area contributed by atoms with Gasteiger partial charge in [-0.25, -0.2) is 4.79 Å². The highest BCUT2D eigenvalue weighted by molar-refractivity contribution is 5.79. The summed E-state index contributed by atoms with van der Waals surface area (Å²) in [5.41, 5.74) is 4.61. The summed E-state index contributed by atoms with van der Waals surface area (Å²) in [6.07, 6.45) is -0.0980. The molecule has 0 radical (unpaired) electrons. The normalized spacial score (nSPS) is 14.2. The maximum Gasteiger partial charge on any atom is 0.407 e. The lowest BCUT2D eigenvalue weighted by Gasteiger charge is -2.22. The van der Waals surface area contributed by atoms with Crippen LogP contribution in [0.2, 0.25) is 0 Å². The highest BCUT2D eigenvalue weighted by Crippen LogP contribution is 2.44. The molecule has 1 unspecified atom stereocenters. The van der Waals surface area contributed by atoms with Gasteiger partial charge >= 0.3 is 12.1 Å². The Labute approximate surface area is 194 Å². The molecule has 2 aromatic carbocycles. The molecule has 7 heteroatoms. The van der Waals surface area contributed by atoms with Crippen molar-refractivity contribution in [2.75, 3.05) is 13.2 Å². The van der Waals surface area contributed by atoms with Crippen LogP contribution in [0.3, 0.4) is 0 Å². The summed E-state index contributed by atoms with van der Waals surface area (Å²) >= 11 is 0. The molecule has 0 bridgehead atoms. The van der Waals surface area contributed by atoms with Crippen molar-refractivity contribution < 1.29 is 24.2 Å². The minimum Gasteiger partial charge on any atom is -0.481 e. The van der Waals surface area contributed by atoms with E-state index in [2.05, 4.69) is 34.9 Å². The number of aliphatic carboxylic acids is 1. The molecule has 3 rings (SSSR count). The molecule has 0 aliphatic heterocycles. The third-order valence-corrected chi connectivity index (χ3v) is 6.18. The van der Waals surface area contributed by atoms with Crippen LogP contribution in [-0.4, -0.2) is 42.3 Å². The third-order valence-electron chi connectivity index (χ3n) is 6.18. The fourth-order valence-corrected chi connectivity index (χ4v) is 4.07. The molecule has 33 heavy (non-hydrogen) atoms. The lowest BCUT2D eigenvalue weighted by molar-refractivity contribution is -0.141. The van der Waals surface area contributed by atoms with Gasteiger partial charge < -0.3 is 20.5 Å². The molecule has 0 spiro atoms. The quantitative estimate of drug-likeness (QED) is 0.502. The van der Waals surface area contributed by atoms with Gasteiger partial charge in [0, 0.05) is 24.9 Å². The number of fused-ring (bicyclic) bond motifs is 3. The van der Waals surface area contributed by atoms with E-state index in [1.165, 1.54) is 0 Å². The predicted molar refractivity (Wildman–Crippen MR) is 126 cm³/mol. The van der Waals surface area contributed by atoms with Gasteiger partial charge in [-0.2, -0.15) is 0 Å². The average Bonchev–Trinajstić information content (AvgIpc) is 3.10. The van der Waals surface area contributed by atoms with E-state index < -0.39 is 24.0 Å². The van der Waals surface area contributed by atoms with E-state index in [0.29, 0.717) is 6.42 Å². The molecule has 7 nitrogen and oxygen atoms in total. The minimum atomic E-state index is -0.888. The Morgan fingerprint density at radius 3 is 2.09 bits per heavy atom. The molecule has 0 fully saturated rings. The Kier molecular flexibility index (Phi) is 8.09. The van der Waals surface area contributed by atoms with Crippen LogP contribution in [0.4, 0.5) is 4.79 Å². The van der Waals surface area contributed by atoms with Gasteiger partial charge in [0.25, 0.3) is 0 Å². The van der Waals surface area contributed by atoms with Gasteiger partial charge in [-0.1, -0.05) is 69.3 Å². The number of rotatable bonds is 10. The van der Waals surface area contributed by atoms with Crippen molar-refractivity contribution in [2.45, 2.75) is 45.6 Å². The lowest BCUT2D eigenvalue weighted by Crippen LogP contribution is -2.43.